The third-order valence-corrected chi connectivity index (χ3v) is 15.2. The standard InChI is InChI=1S/2C8H17.2CH3O.H2O.Sn/c2*1-3-5-7-8-6-4-2;2*1-2;;/h2*1,3-8H2,2H3;2*1H3;1H2;/q;;2*-1;;+2. The molecule has 0 amide bonds. The Bertz CT molecular complexity index is 191. The molecule has 2 N–H and O–H groups in total. The van der Waals surface area contributed by atoms with Crippen LogP contribution in [0.4, 0.5) is 0 Å². The fourth-order valence-corrected chi connectivity index (χ4v) is 11.0. The predicted molar refractivity (Wildman–Crippen MR) is 99.8 cm³/mol. The van der Waals surface area contributed by atoms with Crippen molar-refractivity contribution in [2.24, 2.45) is 0 Å². The Morgan fingerprint density at radius 1 is 0.545 bits per heavy atom. The molecule has 0 atom stereocenters. The second-order valence-corrected chi connectivity index (χ2v) is 16.7. The molecule has 0 heterocycles. The summed E-state index contributed by atoms with van der Waals surface area (Å²) in [6.07, 6.45) is 16.4. The smallest absolute Gasteiger partial charge is 0.412 e. The van der Waals surface area contributed by atoms with E-state index in [2.05, 4.69) is 13.8 Å². The van der Waals surface area contributed by atoms with Crippen LogP contribution in [0.15, 0.2) is 0 Å². The third kappa shape index (κ3) is 13.1. The first-order valence-corrected chi connectivity index (χ1v) is 15.7. The van der Waals surface area contributed by atoms with Gasteiger partial charge in [0.25, 0.3) is 0 Å². The van der Waals surface area contributed by atoms with Crippen LogP contribution in [0.1, 0.15) is 90.9 Å². The maximum absolute atomic E-state index is 5.93. The minimum Gasteiger partial charge on any atom is -0.412 e. The third-order valence-electron chi connectivity index (χ3n) is 4.57. The summed E-state index contributed by atoms with van der Waals surface area (Å²) in [6, 6.07) is 0. The van der Waals surface area contributed by atoms with E-state index in [1.165, 1.54) is 85.9 Å². The van der Waals surface area contributed by atoms with E-state index in [4.69, 9.17) is 6.15 Å². The van der Waals surface area contributed by atoms with E-state index in [9.17, 15) is 0 Å². The monoisotopic (exact) mass is 426 g/mol. The van der Waals surface area contributed by atoms with E-state index < -0.39 is 19.2 Å². The van der Waals surface area contributed by atoms with Gasteiger partial charge in [-0.1, -0.05) is 0 Å². The van der Waals surface area contributed by atoms with Crippen molar-refractivity contribution in [3.63, 3.8) is 0 Å². The van der Waals surface area contributed by atoms with Crippen molar-refractivity contribution in [1.82, 2.24) is 0 Å². The Morgan fingerprint density at radius 2 is 0.864 bits per heavy atom. The fraction of sp³-hybridized carbons (Fsp3) is 1.00. The summed E-state index contributed by atoms with van der Waals surface area (Å²) >= 11 is -2.68. The van der Waals surface area contributed by atoms with Crippen LogP contribution >= 0.6 is 0 Å². The molecule has 0 rings (SSSR count). The van der Waals surface area contributed by atoms with Crippen molar-refractivity contribution in [2.75, 3.05) is 14.2 Å². The van der Waals surface area contributed by atoms with Crippen LogP contribution in [0.3, 0.4) is 0 Å². The van der Waals surface area contributed by atoms with Crippen molar-refractivity contribution >= 4 is 19.2 Å². The Morgan fingerprint density at radius 3 is 1.18 bits per heavy atom. The molecule has 0 spiro atoms. The van der Waals surface area contributed by atoms with Crippen LogP contribution in [-0.4, -0.2) is 38.9 Å². The number of unbranched alkanes of at least 4 members (excludes halogenated alkanes) is 10. The zero-order chi connectivity index (χ0) is 15.8. The number of hydrogen-bond donors (Lipinski definition) is 0. The van der Waals surface area contributed by atoms with Gasteiger partial charge in [-0.2, -0.15) is 0 Å². The molecule has 4 heteroatoms. The van der Waals surface area contributed by atoms with Crippen LogP contribution in [0.2, 0.25) is 8.87 Å². The average molecular weight is 425 g/mol. The van der Waals surface area contributed by atoms with Gasteiger partial charge in [-0.15, -0.1) is 0 Å². The average Bonchev–Trinajstić information content (AvgIpc) is 2.52. The van der Waals surface area contributed by atoms with Crippen LogP contribution < -0.4 is 0 Å². The Balaban J connectivity index is 0. The topological polar surface area (TPSA) is 50.0 Å². The zero-order valence-electron chi connectivity index (χ0n) is 15.7. The van der Waals surface area contributed by atoms with Crippen molar-refractivity contribution in [3.05, 3.63) is 0 Å². The molecule has 0 aliphatic rings. The molecule has 0 saturated carbocycles. The molecule has 0 aromatic carbocycles. The second kappa shape index (κ2) is 18.0. The van der Waals surface area contributed by atoms with E-state index in [1.807, 2.05) is 14.2 Å². The number of hydrogen-bond acceptors (Lipinski definition) is 2. The first-order chi connectivity index (χ1) is 10.2. The van der Waals surface area contributed by atoms with Gasteiger partial charge in [0.1, 0.15) is 0 Å². The molecule has 0 aromatic heterocycles. The summed E-state index contributed by atoms with van der Waals surface area (Å²) in [4.78, 5) is 0. The summed E-state index contributed by atoms with van der Waals surface area (Å²) in [5.41, 5.74) is 0. The quantitative estimate of drug-likeness (QED) is 0.238. The van der Waals surface area contributed by atoms with Gasteiger partial charge in [-0.25, -0.2) is 0 Å². The zero-order valence-corrected chi connectivity index (χ0v) is 18.6. The van der Waals surface area contributed by atoms with Crippen molar-refractivity contribution in [2.45, 2.75) is 99.8 Å². The van der Waals surface area contributed by atoms with Gasteiger partial charge in [0.2, 0.25) is 0 Å². The first kappa shape index (κ1) is 24.9. The molecule has 0 radical (unpaired) electrons. The molecule has 0 fully saturated rings. The van der Waals surface area contributed by atoms with Gasteiger partial charge >= 0.3 is 139 Å². The SMILES string of the molecule is CCCCCCC[CH2][Sn]([CH2]CCCCCCC)([O]C)[O]C.O. The van der Waals surface area contributed by atoms with Crippen molar-refractivity contribution < 1.29 is 11.6 Å². The molecule has 0 aliphatic carbocycles. The van der Waals surface area contributed by atoms with Crippen LogP contribution in [0.25, 0.3) is 0 Å². The molecule has 22 heavy (non-hydrogen) atoms. The van der Waals surface area contributed by atoms with E-state index in [1.54, 1.807) is 0 Å². The van der Waals surface area contributed by atoms with Crippen LogP contribution in [0.5, 0.6) is 0 Å². The van der Waals surface area contributed by atoms with Gasteiger partial charge in [0.05, 0.1) is 0 Å². The normalized spacial score (nSPS) is 11.5. The molecule has 0 unspecified atom stereocenters. The molecule has 136 valence electrons. The Hall–Kier alpha value is 0.679. The minimum atomic E-state index is -2.68. The predicted octanol–water partition coefficient (Wildman–Crippen LogP) is 5.62. The van der Waals surface area contributed by atoms with Gasteiger partial charge in [-0.3, -0.25) is 0 Å². The fourth-order valence-electron chi connectivity index (χ4n) is 2.97. The van der Waals surface area contributed by atoms with E-state index in [-0.39, 0.29) is 5.48 Å². The van der Waals surface area contributed by atoms with Gasteiger partial charge < -0.3 is 5.48 Å². The molecular formula is C18H42O3Sn. The largest absolute Gasteiger partial charge is 0.412 e. The minimum absolute atomic E-state index is 0. The second-order valence-electron chi connectivity index (χ2n) is 6.35. The number of rotatable bonds is 16. The van der Waals surface area contributed by atoms with E-state index >= 15 is 0 Å². The summed E-state index contributed by atoms with van der Waals surface area (Å²) in [7, 11) is 3.79. The molecule has 0 saturated heterocycles. The van der Waals surface area contributed by atoms with Crippen molar-refractivity contribution in [1.29, 1.82) is 0 Å². The molecule has 3 nitrogen and oxygen atoms in total. The first-order valence-electron chi connectivity index (χ1n) is 9.35. The maximum atomic E-state index is 5.93. The van der Waals surface area contributed by atoms with Crippen molar-refractivity contribution in [3.8, 4) is 0 Å². The molecule has 0 aliphatic heterocycles. The Kier molecular flexibility index (Phi) is 20.4. The van der Waals surface area contributed by atoms with Crippen LogP contribution in [0, 0.1) is 0 Å². The molecular weight excluding hydrogens is 383 g/mol. The summed E-state index contributed by atoms with van der Waals surface area (Å²) in [5, 5.41) is 0. The van der Waals surface area contributed by atoms with E-state index in [0.29, 0.717) is 0 Å². The Labute approximate surface area is 144 Å². The van der Waals surface area contributed by atoms with Crippen LogP contribution in [-0.2, 0) is 6.15 Å². The molecule has 0 bridgehead atoms. The maximum Gasteiger partial charge on any atom is -0.412 e. The molecule has 0 aromatic rings. The summed E-state index contributed by atoms with van der Waals surface area (Å²) in [5.74, 6) is 0. The van der Waals surface area contributed by atoms with E-state index in [0.717, 1.165) is 0 Å². The summed E-state index contributed by atoms with van der Waals surface area (Å²) < 4.78 is 14.4. The van der Waals surface area contributed by atoms with Gasteiger partial charge in [0, 0.05) is 0 Å². The van der Waals surface area contributed by atoms with Gasteiger partial charge in [-0.05, 0) is 0 Å². The van der Waals surface area contributed by atoms with Gasteiger partial charge in [0.15, 0.2) is 0 Å². The summed E-state index contributed by atoms with van der Waals surface area (Å²) in [6.45, 7) is 4.55.